The Labute approximate surface area is 279 Å². The molecule has 14 nitrogen and oxygen atoms in total. The predicted octanol–water partition coefficient (Wildman–Crippen LogP) is -1.86. The van der Waals surface area contributed by atoms with Crippen LogP contribution in [-0.4, -0.2) is 83.8 Å². The van der Waals surface area contributed by atoms with Gasteiger partial charge in [-0.05, 0) is 30.4 Å². The molecule has 12 N–H and O–H groups in total. The number of nitrogens with two attached hydrogens (primary N) is 4. The number of rotatable bonds is 19. The van der Waals surface area contributed by atoms with Crippen LogP contribution in [-0.2, 0) is 36.8 Å². The van der Waals surface area contributed by atoms with Crippen molar-refractivity contribution in [1.29, 1.82) is 0 Å². The molecule has 46 heavy (non-hydrogen) atoms. The fourth-order valence-corrected chi connectivity index (χ4v) is 4.80. The maximum absolute atomic E-state index is 13.4. The van der Waals surface area contributed by atoms with Crippen LogP contribution < -0.4 is 44.2 Å². The third-order valence-corrected chi connectivity index (χ3v) is 7.52. The Morgan fingerprint density at radius 1 is 0.630 bits per heavy atom. The number of hydrogen-bond donors (Lipinski definition) is 10. The van der Waals surface area contributed by atoms with E-state index in [-0.39, 0.29) is 49.7 Å². The summed E-state index contributed by atoms with van der Waals surface area (Å²) in [5.41, 5.74) is 24.0. The molecule has 0 saturated heterocycles. The van der Waals surface area contributed by atoms with Crippen molar-refractivity contribution in [2.24, 2.45) is 27.9 Å². The summed E-state index contributed by atoms with van der Waals surface area (Å²) in [4.78, 5) is 68.4. The number of thiol groups is 2. The SMILES string of the molecule is NC(=O)[C@H](Cc1ccccc1)NC(=O)[C@H](CS)NC(=O)[C@H](CCCN=C(N)N)NC(=O)[C@H](CS)NC(=O)[C@@H](N)Cc1ccccc1. The third-order valence-electron chi connectivity index (χ3n) is 6.79. The number of aliphatic imine (C=N–C) groups is 1. The zero-order chi connectivity index (χ0) is 34.1. The molecule has 0 saturated carbocycles. The lowest BCUT2D eigenvalue weighted by atomic mass is 10.0. The number of benzene rings is 2. The van der Waals surface area contributed by atoms with Crippen molar-refractivity contribution in [3.63, 3.8) is 0 Å². The summed E-state index contributed by atoms with van der Waals surface area (Å²) < 4.78 is 0. The summed E-state index contributed by atoms with van der Waals surface area (Å²) in [6.45, 7) is 0.166. The minimum absolute atomic E-state index is 0.0773. The Hall–Kier alpha value is -4.28. The van der Waals surface area contributed by atoms with Gasteiger partial charge in [0.1, 0.15) is 24.2 Å². The zero-order valence-electron chi connectivity index (χ0n) is 25.3. The Morgan fingerprint density at radius 3 is 1.54 bits per heavy atom. The summed E-state index contributed by atoms with van der Waals surface area (Å²) >= 11 is 8.39. The lowest BCUT2D eigenvalue weighted by molar-refractivity contribution is -0.134. The van der Waals surface area contributed by atoms with E-state index in [4.69, 9.17) is 22.9 Å². The highest BCUT2D eigenvalue weighted by Crippen LogP contribution is 2.06. The van der Waals surface area contributed by atoms with Crippen LogP contribution in [0, 0.1) is 0 Å². The molecule has 0 heterocycles. The number of nitrogens with zero attached hydrogens (tertiary/aromatic N) is 1. The molecule has 0 aliphatic heterocycles. The predicted molar refractivity (Wildman–Crippen MR) is 183 cm³/mol. The maximum atomic E-state index is 13.4. The topological polar surface area (TPSA) is 250 Å². The molecule has 5 amide bonds. The van der Waals surface area contributed by atoms with Gasteiger partial charge in [0.05, 0.1) is 6.04 Å². The quantitative estimate of drug-likeness (QED) is 0.0350. The van der Waals surface area contributed by atoms with Gasteiger partial charge >= 0.3 is 0 Å². The van der Waals surface area contributed by atoms with Crippen molar-refractivity contribution in [1.82, 2.24) is 21.3 Å². The first kappa shape index (κ1) is 37.9. The van der Waals surface area contributed by atoms with Gasteiger partial charge in [0.15, 0.2) is 5.96 Å². The summed E-state index contributed by atoms with van der Waals surface area (Å²) in [5.74, 6) is -3.78. The molecular weight excluding hydrogens is 631 g/mol. The van der Waals surface area contributed by atoms with E-state index < -0.39 is 59.7 Å². The van der Waals surface area contributed by atoms with Crippen molar-refractivity contribution >= 4 is 60.8 Å². The second kappa shape index (κ2) is 20.0. The van der Waals surface area contributed by atoms with E-state index in [1.165, 1.54) is 0 Å². The van der Waals surface area contributed by atoms with Gasteiger partial charge in [0.25, 0.3) is 0 Å². The van der Waals surface area contributed by atoms with Crippen molar-refractivity contribution in [3.8, 4) is 0 Å². The molecule has 0 unspecified atom stereocenters. The Balaban J connectivity index is 2.10. The van der Waals surface area contributed by atoms with Gasteiger partial charge in [-0.3, -0.25) is 29.0 Å². The molecule has 2 aromatic rings. The molecule has 0 spiro atoms. The van der Waals surface area contributed by atoms with E-state index >= 15 is 0 Å². The van der Waals surface area contributed by atoms with Gasteiger partial charge in [0, 0.05) is 24.5 Å². The first-order chi connectivity index (χ1) is 21.9. The standard InChI is InChI=1S/C30H43N9O5S2/c31-20(14-18-8-3-1-4-9-18)26(41)38-23(16-45)28(43)36-21(12-7-13-35-30(33)34)27(42)39-24(17-46)29(44)37-22(25(32)40)15-19-10-5-2-6-11-19/h1-6,8-11,20-24,45-46H,7,12-17,31H2,(H2,32,40)(H,36,43)(H,37,44)(H,38,41)(H,39,42)(H4,33,34,35)/t20-,21-,22-,23-,24-/m0/s1. The first-order valence-electron chi connectivity index (χ1n) is 14.6. The number of carbonyl (C=O) groups is 5. The highest BCUT2D eigenvalue weighted by Gasteiger charge is 2.30. The maximum Gasteiger partial charge on any atom is 0.244 e. The van der Waals surface area contributed by atoms with E-state index in [0.29, 0.717) is 0 Å². The minimum Gasteiger partial charge on any atom is -0.370 e. The fraction of sp³-hybridized carbons (Fsp3) is 0.400. The zero-order valence-corrected chi connectivity index (χ0v) is 27.1. The number of primary amides is 1. The van der Waals surface area contributed by atoms with Gasteiger partial charge in [0.2, 0.25) is 29.5 Å². The lowest BCUT2D eigenvalue weighted by Crippen LogP contribution is -2.59. The molecule has 2 rings (SSSR count). The Kier molecular flexibility index (Phi) is 16.5. The summed E-state index contributed by atoms with van der Waals surface area (Å²) in [6, 6.07) is 12.7. The molecular formula is C30H43N9O5S2. The number of amides is 5. The Bertz CT molecular complexity index is 1330. The average molecular weight is 674 g/mol. The second-order valence-electron chi connectivity index (χ2n) is 10.4. The van der Waals surface area contributed by atoms with Gasteiger partial charge in [-0.15, -0.1) is 0 Å². The van der Waals surface area contributed by atoms with Crippen molar-refractivity contribution in [3.05, 3.63) is 71.8 Å². The third kappa shape index (κ3) is 13.4. The van der Waals surface area contributed by atoms with Crippen LogP contribution in [0.2, 0.25) is 0 Å². The van der Waals surface area contributed by atoms with E-state index in [2.05, 4.69) is 51.5 Å². The molecule has 2 aromatic carbocycles. The van der Waals surface area contributed by atoms with Gasteiger partial charge in [-0.1, -0.05) is 60.7 Å². The number of carbonyl (C=O) groups excluding carboxylic acids is 5. The summed E-state index contributed by atoms with van der Waals surface area (Å²) in [5, 5.41) is 10.3. The van der Waals surface area contributed by atoms with Crippen LogP contribution in [0.15, 0.2) is 65.7 Å². The highest BCUT2D eigenvalue weighted by molar-refractivity contribution is 7.80. The molecule has 0 aliphatic carbocycles. The Morgan fingerprint density at radius 2 is 1.07 bits per heavy atom. The van der Waals surface area contributed by atoms with Crippen molar-refractivity contribution in [2.45, 2.75) is 55.9 Å². The first-order valence-corrected chi connectivity index (χ1v) is 15.8. The molecule has 0 aromatic heterocycles. The van der Waals surface area contributed by atoms with E-state index in [1.54, 1.807) is 24.3 Å². The van der Waals surface area contributed by atoms with Crippen LogP contribution in [0.1, 0.15) is 24.0 Å². The molecule has 0 bridgehead atoms. The second-order valence-corrected chi connectivity index (χ2v) is 11.2. The van der Waals surface area contributed by atoms with Crippen LogP contribution >= 0.6 is 25.3 Å². The minimum atomic E-state index is -1.18. The molecule has 0 fully saturated rings. The molecule has 0 aliphatic rings. The van der Waals surface area contributed by atoms with E-state index in [9.17, 15) is 24.0 Å². The summed E-state index contributed by atoms with van der Waals surface area (Å²) in [7, 11) is 0. The lowest BCUT2D eigenvalue weighted by Gasteiger charge is -2.25. The van der Waals surface area contributed by atoms with Gasteiger partial charge in [-0.2, -0.15) is 25.3 Å². The summed E-state index contributed by atoms with van der Waals surface area (Å²) in [6.07, 6.45) is 0.756. The van der Waals surface area contributed by atoms with Crippen molar-refractivity contribution < 1.29 is 24.0 Å². The molecule has 16 heteroatoms. The van der Waals surface area contributed by atoms with E-state index in [0.717, 1.165) is 11.1 Å². The average Bonchev–Trinajstić information content (AvgIpc) is 3.03. The monoisotopic (exact) mass is 673 g/mol. The van der Waals surface area contributed by atoms with Crippen molar-refractivity contribution in [2.75, 3.05) is 18.1 Å². The van der Waals surface area contributed by atoms with Crippen LogP contribution in [0.25, 0.3) is 0 Å². The van der Waals surface area contributed by atoms with E-state index in [1.807, 2.05) is 36.4 Å². The van der Waals surface area contributed by atoms with Gasteiger partial charge < -0.3 is 44.2 Å². The smallest absolute Gasteiger partial charge is 0.244 e. The fourth-order valence-electron chi connectivity index (χ4n) is 4.29. The van der Waals surface area contributed by atoms with Crippen LogP contribution in [0.4, 0.5) is 0 Å². The molecule has 5 atom stereocenters. The number of hydrogen-bond acceptors (Lipinski definition) is 9. The molecule has 250 valence electrons. The number of nitrogens with one attached hydrogen (secondary N) is 4. The number of guanidine groups is 1. The van der Waals surface area contributed by atoms with Gasteiger partial charge in [-0.25, -0.2) is 0 Å². The highest BCUT2D eigenvalue weighted by atomic mass is 32.1. The van der Waals surface area contributed by atoms with Crippen LogP contribution in [0.5, 0.6) is 0 Å². The molecule has 0 radical (unpaired) electrons. The normalized spacial score (nSPS) is 14.0. The largest absolute Gasteiger partial charge is 0.370 e. The van der Waals surface area contributed by atoms with Crippen LogP contribution in [0.3, 0.4) is 0 Å².